The number of benzene rings is 1. The van der Waals surface area contributed by atoms with Crippen molar-refractivity contribution < 1.29 is 9.72 Å². The van der Waals surface area contributed by atoms with Gasteiger partial charge in [0.1, 0.15) is 5.52 Å². The molecule has 7 nitrogen and oxygen atoms in total. The monoisotopic (exact) mass is 288 g/mol. The molecular weight excluding hydrogens is 272 g/mol. The van der Waals surface area contributed by atoms with E-state index in [1.807, 2.05) is 6.92 Å². The summed E-state index contributed by atoms with van der Waals surface area (Å²) in [5.74, 6) is 0. The number of nitro groups is 1. The van der Waals surface area contributed by atoms with Crippen LogP contribution in [0.4, 0.5) is 16.2 Å². The summed E-state index contributed by atoms with van der Waals surface area (Å²) < 4.78 is 0. The molecule has 0 aliphatic carbocycles. The summed E-state index contributed by atoms with van der Waals surface area (Å²) in [6.45, 7) is 1.82. The number of anilines is 1. The molecule has 0 unspecified atom stereocenters. The molecule has 0 aliphatic heterocycles. The normalized spacial score (nSPS) is 10.5. The highest BCUT2D eigenvalue weighted by Gasteiger charge is 2.21. The van der Waals surface area contributed by atoms with Crippen LogP contribution in [0.25, 0.3) is 10.9 Å². The molecule has 0 bridgehead atoms. The molecule has 0 radical (unpaired) electrons. The summed E-state index contributed by atoms with van der Waals surface area (Å²) >= 11 is 0. The van der Waals surface area contributed by atoms with Crippen molar-refractivity contribution in [3.8, 4) is 0 Å². The summed E-state index contributed by atoms with van der Waals surface area (Å²) in [5, 5.41) is 11.7. The minimum absolute atomic E-state index is 0.0700. The number of aryl methyl sites for hydroxylation is 1. The quantitative estimate of drug-likeness (QED) is 0.628. The van der Waals surface area contributed by atoms with Crippen LogP contribution < -0.4 is 4.90 Å². The Morgan fingerprint density at radius 3 is 2.52 bits per heavy atom. The van der Waals surface area contributed by atoms with E-state index in [0.717, 1.165) is 5.56 Å². The molecule has 21 heavy (non-hydrogen) atoms. The van der Waals surface area contributed by atoms with Crippen LogP contribution in [-0.2, 0) is 0 Å². The predicted molar refractivity (Wildman–Crippen MR) is 80.6 cm³/mol. The van der Waals surface area contributed by atoms with Crippen LogP contribution in [0.1, 0.15) is 5.56 Å². The van der Waals surface area contributed by atoms with Gasteiger partial charge in [-0.1, -0.05) is 12.1 Å². The fraction of sp³-hybridized carbons (Fsp3) is 0.286. The zero-order valence-electron chi connectivity index (χ0n) is 12.3. The molecule has 0 aliphatic rings. The molecule has 0 spiro atoms. The van der Waals surface area contributed by atoms with Gasteiger partial charge >= 0.3 is 6.03 Å². The third-order valence-corrected chi connectivity index (χ3v) is 3.23. The first-order valence-corrected chi connectivity index (χ1v) is 6.32. The lowest BCUT2D eigenvalue weighted by Crippen LogP contribution is -2.36. The van der Waals surface area contributed by atoms with Crippen LogP contribution in [0.15, 0.2) is 24.4 Å². The number of para-hydroxylation sites is 1. The number of nitrogens with zero attached hydrogens (tertiary/aromatic N) is 4. The zero-order chi connectivity index (χ0) is 15.7. The van der Waals surface area contributed by atoms with Gasteiger partial charge in [-0.2, -0.15) is 0 Å². The van der Waals surface area contributed by atoms with Crippen molar-refractivity contribution in [1.82, 2.24) is 9.88 Å². The zero-order valence-corrected chi connectivity index (χ0v) is 12.3. The van der Waals surface area contributed by atoms with Crippen LogP contribution in [-0.4, -0.2) is 42.0 Å². The minimum atomic E-state index is -0.470. The second-order valence-corrected chi connectivity index (χ2v) is 4.96. The molecule has 0 N–H and O–H groups in total. The standard InChI is InChI=1S/C14H16N4O3/c1-9-8-15-12-10(6-5-7-11(12)18(20)21)13(9)17(4)14(19)16(2)3/h5-8H,1-4H3. The minimum Gasteiger partial charge on any atom is -0.330 e. The Bertz CT molecular complexity index is 727. The van der Waals surface area contributed by atoms with Gasteiger partial charge in [0.15, 0.2) is 0 Å². The van der Waals surface area contributed by atoms with E-state index < -0.39 is 4.92 Å². The summed E-state index contributed by atoms with van der Waals surface area (Å²) in [7, 11) is 4.95. The maximum absolute atomic E-state index is 12.2. The van der Waals surface area contributed by atoms with Crippen LogP contribution in [0.5, 0.6) is 0 Å². The number of non-ortho nitro benzene ring substituents is 1. The molecule has 0 saturated carbocycles. The Morgan fingerprint density at radius 1 is 1.29 bits per heavy atom. The van der Waals surface area contributed by atoms with Gasteiger partial charge in [0.05, 0.1) is 10.6 Å². The molecule has 2 aromatic rings. The molecule has 0 fully saturated rings. The summed E-state index contributed by atoms with van der Waals surface area (Å²) in [6.07, 6.45) is 1.55. The van der Waals surface area contributed by atoms with Gasteiger partial charge in [-0.25, -0.2) is 9.78 Å². The van der Waals surface area contributed by atoms with E-state index >= 15 is 0 Å². The smallest absolute Gasteiger partial charge is 0.323 e. The predicted octanol–water partition coefficient (Wildman–Crippen LogP) is 2.57. The van der Waals surface area contributed by atoms with Gasteiger partial charge in [-0.3, -0.25) is 15.0 Å². The lowest BCUT2D eigenvalue weighted by molar-refractivity contribution is -0.383. The summed E-state index contributed by atoms with van der Waals surface area (Å²) in [4.78, 5) is 29.9. The molecular formula is C14H16N4O3. The van der Waals surface area contributed by atoms with Crippen LogP contribution >= 0.6 is 0 Å². The molecule has 0 atom stereocenters. The highest BCUT2D eigenvalue weighted by Crippen LogP contribution is 2.33. The van der Waals surface area contributed by atoms with E-state index in [9.17, 15) is 14.9 Å². The third-order valence-electron chi connectivity index (χ3n) is 3.23. The van der Waals surface area contributed by atoms with Crippen molar-refractivity contribution in [2.45, 2.75) is 6.92 Å². The lowest BCUT2D eigenvalue weighted by atomic mass is 10.1. The second kappa shape index (κ2) is 5.35. The van der Waals surface area contributed by atoms with Crippen molar-refractivity contribution in [1.29, 1.82) is 0 Å². The Morgan fingerprint density at radius 2 is 1.95 bits per heavy atom. The molecule has 110 valence electrons. The number of pyridine rings is 1. The number of rotatable bonds is 2. The summed E-state index contributed by atoms with van der Waals surface area (Å²) in [6, 6.07) is 4.52. The van der Waals surface area contributed by atoms with Gasteiger partial charge in [-0.15, -0.1) is 0 Å². The van der Waals surface area contributed by atoms with E-state index in [4.69, 9.17) is 0 Å². The highest BCUT2D eigenvalue weighted by molar-refractivity contribution is 6.04. The molecule has 2 rings (SSSR count). The number of hydrogen-bond acceptors (Lipinski definition) is 4. The van der Waals surface area contributed by atoms with E-state index in [1.165, 1.54) is 15.9 Å². The van der Waals surface area contributed by atoms with Crippen molar-refractivity contribution in [3.05, 3.63) is 40.1 Å². The largest absolute Gasteiger partial charge is 0.330 e. The number of nitro benzene ring substituents is 1. The molecule has 0 saturated heterocycles. The first-order chi connectivity index (χ1) is 9.84. The third kappa shape index (κ3) is 2.49. The van der Waals surface area contributed by atoms with Crippen molar-refractivity contribution >= 4 is 28.3 Å². The first kappa shape index (κ1) is 14.7. The first-order valence-electron chi connectivity index (χ1n) is 6.32. The number of urea groups is 1. The van der Waals surface area contributed by atoms with Crippen molar-refractivity contribution in [2.75, 3.05) is 26.0 Å². The maximum atomic E-state index is 12.2. The van der Waals surface area contributed by atoms with Crippen LogP contribution in [0, 0.1) is 17.0 Å². The number of aromatic nitrogens is 1. The van der Waals surface area contributed by atoms with Crippen molar-refractivity contribution in [2.24, 2.45) is 0 Å². The Labute approximate surface area is 121 Å². The fourth-order valence-corrected chi connectivity index (χ4v) is 2.28. The topological polar surface area (TPSA) is 79.6 Å². The van der Waals surface area contributed by atoms with E-state index in [0.29, 0.717) is 11.1 Å². The van der Waals surface area contributed by atoms with Crippen LogP contribution in [0.3, 0.4) is 0 Å². The lowest BCUT2D eigenvalue weighted by Gasteiger charge is -2.24. The molecule has 2 amide bonds. The van der Waals surface area contributed by atoms with Gasteiger partial charge in [-0.05, 0) is 12.5 Å². The van der Waals surface area contributed by atoms with Gasteiger partial charge < -0.3 is 4.90 Å². The molecule has 1 aromatic heterocycles. The Balaban J connectivity index is 2.74. The average Bonchev–Trinajstić information content (AvgIpc) is 2.44. The number of carbonyl (C=O) groups is 1. The molecule has 7 heteroatoms. The van der Waals surface area contributed by atoms with Gasteiger partial charge in [0.2, 0.25) is 0 Å². The second-order valence-electron chi connectivity index (χ2n) is 4.96. The molecule has 1 aromatic carbocycles. The Hall–Kier alpha value is -2.70. The average molecular weight is 288 g/mol. The maximum Gasteiger partial charge on any atom is 0.323 e. The van der Waals surface area contributed by atoms with Gasteiger partial charge in [0, 0.05) is 38.8 Å². The number of hydrogen-bond donors (Lipinski definition) is 0. The van der Waals surface area contributed by atoms with E-state index in [2.05, 4.69) is 4.98 Å². The fourth-order valence-electron chi connectivity index (χ4n) is 2.28. The number of fused-ring (bicyclic) bond motifs is 1. The van der Waals surface area contributed by atoms with E-state index in [-0.39, 0.29) is 17.2 Å². The molecule has 1 heterocycles. The number of amides is 2. The Kier molecular flexibility index (Phi) is 3.75. The van der Waals surface area contributed by atoms with Crippen LogP contribution in [0.2, 0.25) is 0 Å². The van der Waals surface area contributed by atoms with Gasteiger partial charge in [0.25, 0.3) is 5.69 Å². The van der Waals surface area contributed by atoms with E-state index in [1.54, 1.807) is 39.5 Å². The van der Waals surface area contributed by atoms with Crippen molar-refractivity contribution in [3.63, 3.8) is 0 Å². The SMILES string of the molecule is Cc1cnc2c([N+](=O)[O-])cccc2c1N(C)C(=O)N(C)C. The number of carbonyl (C=O) groups excluding carboxylic acids is 1. The highest BCUT2D eigenvalue weighted by atomic mass is 16.6. The summed E-state index contributed by atoms with van der Waals surface area (Å²) in [5.41, 5.74) is 1.61.